The third kappa shape index (κ3) is 6.41. The standard InChI is InChI=1S/C25H26ClFN6O3S/c1-25(2,3)15(11-33(24(35)36)12-21-30-17-6-4-5-7-18(17)31-21)23-32-20(13-37-23)22(34)29-10-19-16(26)8-14(27)9-28-19/h4-9,13,15H,10-12H2,1-3H3,(H,29,34)(H,30,31)(H,35,36). The van der Waals surface area contributed by atoms with Crippen LogP contribution in [-0.4, -0.2) is 48.5 Å². The normalized spacial score (nSPS) is 12.5. The van der Waals surface area contributed by atoms with Crippen LogP contribution in [0.4, 0.5) is 9.18 Å². The van der Waals surface area contributed by atoms with Gasteiger partial charge in [-0.15, -0.1) is 11.3 Å². The first-order chi connectivity index (χ1) is 17.5. The van der Waals surface area contributed by atoms with E-state index in [1.165, 1.54) is 16.2 Å². The number of fused-ring (bicyclic) bond motifs is 1. The lowest BCUT2D eigenvalue weighted by atomic mass is 9.80. The van der Waals surface area contributed by atoms with Crippen LogP contribution in [0.5, 0.6) is 0 Å². The van der Waals surface area contributed by atoms with Crippen LogP contribution in [0, 0.1) is 11.2 Å². The van der Waals surface area contributed by atoms with E-state index < -0.39 is 17.8 Å². The predicted molar refractivity (Wildman–Crippen MR) is 139 cm³/mol. The number of carbonyl (C=O) groups is 2. The van der Waals surface area contributed by atoms with Gasteiger partial charge in [0.25, 0.3) is 5.91 Å². The average molecular weight is 545 g/mol. The monoisotopic (exact) mass is 544 g/mol. The average Bonchev–Trinajstić information content (AvgIpc) is 3.47. The van der Waals surface area contributed by atoms with Crippen molar-refractivity contribution in [3.63, 3.8) is 0 Å². The summed E-state index contributed by atoms with van der Waals surface area (Å²) >= 11 is 7.28. The van der Waals surface area contributed by atoms with Gasteiger partial charge in [0.2, 0.25) is 0 Å². The van der Waals surface area contributed by atoms with E-state index in [-0.39, 0.29) is 41.7 Å². The number of nitrogens with one attached hydrogen (secondary N) is 2. The van der Waals surface area contributed by atoms with Crippen molar-refractivity contribution in [1.29, 1.82) is 0 Å². The van der Waals surface area contributed by atoms with Crippen LogP contribution in [-0.2, 0) is 13.1 Å². The molecule has 9 nitrogen and oxygen atoms in total. The summed E-state index contributed by atoms with van der Waals surface area (Å²) in [7, 11) is 0. The molecule has 0 aliphatic carbocycles. The van der Waals surface area contributed by atoms with Gasteiger partial charge in [0.15, 0.2) is 0 Å². The molecule has 1 aromatic carbocycles. The Morgan fingerprint density at radius 2 is 2.03 bits per heavy atom. The topological polar surface area (TPSA) is 124 Å². The number of carboxylic acid groups (broad SMARTS) is 1. The zero-order chi connectivity index (χ0) is 26.7. The molecule has 4 aromatic rings. The summed E-state index contributed by atoms with van der Waals surface area (Å²) in [6, 6.07) is 8.64. The number of benzene rings is 1. The van der Waals surface area contributed by atoms with Crippen LogP contribution in [0.15, 0.2) is 41.9 Å². The Morgan fingerprint density at radius 1 is 1.27 bits per heavy atom. The number of hydrogen-bond donors (Lipinski definition) is 3. The maximum absolute atomic E-state index is 13.2. The van der Waals surface area contributed by atoms with Crippen molar-refractivity contribution in [2.24, 2.45) is 5.41 Å². The maximum atomic E-state index is 13.2. The van der Waals surface area contributed by atoms with Crippen LogP contribution in [0.3, 0.4) is 0 Å². The second-order valence-corrected chi connectivity index (χ2v) is 10.9. The molecule has 4 rings (SSSR count). The summed E-state index contributed by atoms with van der Waals surface area (Å²) in [4.78, 5) is 42.3. The van der Waals surface area contributed by atoms with E-state index in [4.69, 9.17) is 11.6 Å². The highest BCUT2D eigenvalue weighted by Gasteiger charge is 2.33. The van der Waals surface area contributed by atoms with Crippen molar-refractivity contribution in [3.05, 3.63) is 75.0 Å². The summed E-state index contributed by atoms with van der Waals surface area (Å²) in [6.07, 6.45) is -0.0465. The molecule has 0 saturated carbocycles. The highest BCUT2D eigenvalue weighted by atomic mass is 35.5. The van der Waals surface area contributed by atoms with Gasteiger partial charge in [0.05, 0.1) is 46.0 Å². The number of hydrogen-bond acceptors (Lipinski definition) is 6. The molecule has 0 saturated heterocycles. The number of pyridine rings is 1. The summed E-state index contributed by atoms with van der Waals surface area (Å²) < 4.78 is 13.2. The first-order valence-corrected chi connectivity index (χ1v) is 12.7. The van der Waals surface area contributed by atoms with Crippen LogP contribution in [0.1, 0.15) is 53.7 Å². The first-order valence-electron chi connectivity index (χ1n) is 11.5. The van der Waals surface area contributed by atoms with Gasteiger partial charge < -0.3 is 20.3 Å². The molecule has 0 bridgehead atoms. The predicted octanol–water partition coefficient (Wildman–Crippen LogP) is 5.45. The molecule has 0 radical (unpaired) electrons. The molecular formula is C25H26ClFN6O3S. The van der Waals surface area contributed by atoms with E-state index in [2.05, 4.69) is 25.3 Å². The van der Waals surface area contributed by atoms with Gasteiger partial charge in [0, 0.05) is 17.8 Å². The largest absolute Gasteiger partial charge is 0.465 e. The molecule has 0 fully saturated rings. The fourth-order valence-corrected chi connectivity index (χ4v) is 5.15. The highest BCUT2D eigenvalue weighted by Crippen LogP contribution is 2.37. The number of para-hydroxylation sites is 2. The quantitative estimate of drug-likeness (QED) is 0.271. The van der Waals surface area contributed by atoms with Crippen LogP contribution in [0.25, 0.3) is 11.0 Å². The van der Waals surface area contributed by atoms with Crippen LogP contribution < -0.4 is 5.32 Å². The summed E-state index contributed by atoms with van der Waals surface area (Å²) in [5, 5.41) is 15.0. The molecule has 1 unspecified atom stereocenters. The van der Waals surface area contributed by atoms with Gasteiger partial charge >= 0.3 is 6.09 Å². The minimum atomic E-state index is -1.08. The SMILES string of the molecule is CC(C)(C)C(CN(Cc1nc2ccccc2[nH]1)C(=O)O)c1nc(C(=O)NCc2ncc(F)cc2Cl)cs1. The Bertz CT molecular complexity index is 1400. The molecule has 37 heavy (non-hydrogen) atoms. The van der Waals surface area contributed by atoms with Gasteiger partial charge in [-0.1, -0.05) is 44.5 Å². The van der Waals surface area contributed by atoms with Gasteiger partial charge in [-0.25, -0.2) is 19.2 Å². The van der Waals surface area contributed by atoms with Crippen LogP contribution in [0.2, 0.25) is 5.02 Å². The van der Waals surface area contributed by atoms with Crippen molar-refractivity contribution in [3.8, 4) is 0 Å². The van der Waals surface area contributed by atoms with Crippen LogP contribution >= 0.6 is 22.9 Å². The molecule has 0 aliphatic rings. The molecule has 1 atom stereocenters. The second kappa shape index (κ2) is 10.8. The smallest absolute Gasteiger partial charge is 0.407 e. The number of H-pyrrole nitrogens is 1. The van der Waals surface area contributed by atoms with E-state index in [0.29, 0.717) is 16.5 Å². The number of rotatable bonds is 8. The molecule has 194 valence electrons. The number of aromatic amines is 1. The van der Waals surface area contributed by atoms with E-state index in [1.54, 1.807) is 5.38 Å². The minimum Gasteiger partial charge on any atom is -0.465 e. The molecule has 12 heteroatoms. The van der Waals surface area contributed by atoms with Crippen molar-refractivity contribution in [1.82, 2.24) is 30.2 Å². The Hall–Kier alpha value is -3.57. The lowest BCUT2D eigenvalue weighted by Crippen LogP contribution is -2.37. The molecule has 0 spiro atoms. The Balaban J connectivity index is 1.49. The van der Waals surface area contributed by atoms with E-state index in [1.807, 2.05) is 45.0 Å². The highest BCUT2D eigenvalue weighted by molar-refractivity contribution is 7.10. The van der Waals surface area contributed by atoms with Crippen molar-refractivity contribution >= 4 is 46.0 Å². The minimum absolute atomic E-state index is 0.0117. The number of carbonyl (C=O) groups excluding carboxylic acids is 1. The lowest BCUT2D eigenvalue weighted by molar-refractivity contribution is 0.0944. The number of thiazole rings is 1. The number of nitrogens with zero attached hydrogens (tertiary/aromatic N) is 4. The van der Waals surface area contributed by atoms with E-state index in [9.17, 15) is 19.1 Å². The number of aromatic nitrogens is 4. The van der Waals surface area contributed by atoms with E-state index in [0.717, 1.165) is 23.3 Å². The number of halogens is 2. The van der Waals surface area contributed by atoms with Gasteiger partial charge in [-0.2, -0.15) is 0 Å². The Morgan fingerprint density at radius 3 is 2.70 bits per heavy atom. The fraction of sp³-hybridized carbons (Fsp3) is 0.320. The number of amides is 2. The third-order valence-corrected chi connectivity index (χ3v) is 7.14. The molecule has 2 amide bonds. The first kappa shape index (κ1) is 26.5. The lowest BCUT2D eigenvalue weighted by Gasteiger charge is -2.32. The molecule has 3 aromatic heterocycles. The van der Waals surface area contributed by atoms with E-state index >= 15 is 0 Å². The van der Waals surface area contributed by atoms with Crippen molar-refractivity contribution in [2.45, 2.75) is 39.8 Å². The van der Waals surface area contributed by atoms with Crippen molar-refractivity contribution in [2.75, 3.05) is 6.54 Å². The third-order valence-electron chi connectivity index (χ3n) is 5.85. The zero-order valence-corrected chi connectivity index (χ0v) is 22.0. The summed E-state index contributed by atoms with van der Waals surface area (Å²) in [6.45, 7) is 6.27. The molecule has 3 heterocycles. The van der Waals surface area contributed by atoms with Gasteiger partial charge in [0.1, 0.15) is 17.3 Å². The fourth-order valence-electron chi connectivity index (χ4n) is 3.79. The summed E-state index contributed by atoms with van der Waals surface area (Å²) in [5.41, 5.74) is 1.79. The van der Waals surface area contributed by atoms with Gasteiger partial charge in [-0.3, -0.25) is 9.78 Å². The Labute approximate surface area is 221 Å². The molecular weight excluding hydrogens is 519 g/mol. The second-order valence-electron chi connectivity index (χ2n) is 9.62. The van der Waals surface area contributed by atoms with Crippen molar-refractivity contribution < 1.29 is 19.1 Å². The van der Waals surface area contributed by atoms with Gasteiger partial charge in [-0.05, 0) is 23.6 Å². The Kier molecular flexibility index (Phi) is 7.74. The molecule has 3 N–H and O–H groups in total. The maximum Gasteiger partial charge on any atom is 0.407 e. The zero-order valence-electron chi connectivity index (χ0n) is 20.5. The number of imidazole rings is 1. The molecule has 0 aliphatic heterocycles. The summed E-state index contributed by atoms with van der Waals surface area (Å²) in [5.74, 6) is -0.737.